The van der Waals surface area contributed by atoms with Crippen LogP contribution < -0.4 is 9.80 Å². The Labute approximate surface area is 224 Å². The van der Waals surface area contributed by atoms with Crippen LogP contribution in [0.4, 0.5) is 22.7 Å². The van der Waals surface area contributed by atoms with Crippen LogP contribution in [0.25, 0.3) is 0 Å². The van der Waals surface area contributed by atoms with Gasteiger partial charge in [-0.3, -0.25) is 19.9 Å². The number of aromatic nitrogens is 4. The molecule has 4 aromatic heterocycles. The number of aryl methyl sites for hydroxylation is 4. The summed E-state index contributed by atoms with van der Waals surface area (Å²) in [6.07, 6.45) is 7.35. The number of benzene rings is 1. The quantitative estimate of drug-likeness (QED) is 0.225. The molecule has 0 saturated carbocycles. The van der Waals surface area contributed by atoms with Gasteiger partial charge in [0.05, 0.1) is 45.5 Å². The van der Waals surface area contributed by atoms with Gasteiger partial charge in [-0.15, -0.1) is 0 Å². The van der Waals surface area contributed by atoms with E-state index in [2.05, 4.69) is 106 Å². The van der Waals surface area contributed by atoms with Crippen LogP contribution in [0.2, 0.25) is 0 Å². The Morgan fingerprint density at radius 3 is 1.05 bits per heavy atom. The Morgan fingerprint density at radius 1 is 0.447 bits per heavy atom. The highest BCUT2D eigenvalue weighted by Gasteiger charge is 2.18. The molecule has 0 aliphatic heterocycles. The number of hydrogen-bond acceptors (Lipinski definition) is 6. The van der Waals surface area contributed by atoms with Crippen LogP contribution in [0.1, 0.15) is 33.9 Å². The van der Waals surface area contributed by atoms with E-state index in [1.54, 1.807) is 0 Å². The van der Waals surface area contributed by atoms with E-state index in [0.29, 0.717) is 13.1 Å². The van der Waals surface area contributed by atoms with Crippen molar-refractivity contribution in [3.63, 3.8) is 0 Å². The normalized spacial score (nSPS) is 10.8. The Kier molecular flexibility index (Phi) is 7.40. The number of nitrogens with zero attached hydrogens (tertiary/aromatic N) is 6. The van der Waals surface area contributed by atoms with Gasteiger partial charge < -0.3 is 9.80 Å². The van der Waals surface area contributed by atoms with Crippen LogP contribution in [0, 0.1) is 27.7 Å². The summed E-state index contributed by atoms with van der Waals surface area (Å²) in [5.41, 5.74) is 10.7. The van der Waals surface area contributed by atoms with Crippen LogP contribution in [0.15, 0.2) is 97.6 Å². The summed E-state index contributed by atoms with van der Waals surface area (Å²) < 4.78 is 0. The topological polar surface area (TPSA) is 58.0 Å². The van der Waals surface area contributed by atoms with Gasteiger partial charge in [0.15, 0.2) is 0 Å². The van der Waals surface area contributed by atoms with Crippen LogP contribution in [-0.4, -0.2) is 19.9 Å². The van der Waals surface area contributed by atoms with Gasteiger partial charge in [-0.2, -0.15) is 0 Å². The van der Waals surface area contributed by atoms with E-state index in [4.69, 9.17) is 0 Å². The predicted octanol–water partition coefficient (Wildman–Crippen LogP) is 7.18. The molecular formula is C32H32N6. The van der Waals surface area contributed by atoms with Crippen molar-refractivity contribution in [2.45, 2.75) is 40.8 Å². The summed E-state index contributed by atoms with van der Waals surface area (Å²) >= 11 is 0. The van der Waals surface area contributed by atoms with Gasteiger partial charge in [-0.1, -0.05) is 24.3 Å². The highest BCUT2D eigenvalue weighted by atomic mass is 15.2. The summed E-state index contributed by atoms with van der Waals surface area (Å²) in [6.45, 7) is 9.60. The molecular weight excluding hydrogens is 468 g/mol. The largest absolute Gasteiger partial charge is 0.334 e. The molecule has 0 bridgehead atoms. The average molecular weight is 501 g/mol. The van der Waals surface area contributed by atoms with Crippen molar-refractivity contribution < 1.29 is 0 Å². The lowest BCUT2D eigenvalue weighted by Gasteiger charge is -2.29. The van der Waals surface area contributed by atoms with Crippen molar-refractivity contribution in [3.05, 3.63) is 131 Å². The lowest BCUT2D eigenvalue weighted by Crippen LogP contribution is -2.21. The molecule has 0 amide bonds. The zero-order valence-corrected chi connectivity index (χ0v) is 22.3. The summed E-state index contributed by atoms with van der Waals surface area (Å²) in [7, 11) is 0. The maximum atomic E-state index is 4.56. The molecule has 0 spiro atoms. The number of pyridine rings is 4. The molecule has 0 fully saturated rings. The summed E-state index contributed by atoms with van der Waals surface area (Å²) in [5, 5.41) is 0. The van der Waals surface area contributed by atoms with E-state index in [-0.39, 0.29) is 0 Å². The molecule has 5 aromatic rings. The van der Waals surface area contributed by atoms with Gasteiger partial charge in [0.1, 0.15) is 0 Å². The number of anilines is 4. The molecule has 0 aliphatic carbocycles. The Hall–Kier alpha value is -4.58. The molecule has 6 heteroatoms. The third kappa shape index (κ3) is 5.39. The van der Waals surface area contributed by atoms with Crippen LogP contribution in [0.5, 0.6) is 0 Å². The van der Waals surface area contributed by atoms with Gasteiger partial charge >= 0.3 is 0 Å². The van der Waals surface area contributed by atoms with E-state index in [9.17, 15) is 0 Å². The maximum Gasteiger partial charge on any atom is 0.0630 e. The maximum absolute atomic E-state index is 4.56. The fourth-order valence-corrected chi connectivity index (χ4v) is 4.84. The molecule has 5 rings (SSSR count). The Morgan fingerprint density at radius 2 is 0.763 bits per heavy atom. The molecule has 4 heterocycles. The molecule has 38 heavy (non-hydrogen) atoms. The van der Waals surface area contributed by atoms with E-state index in [1.165, 1.54) is 11.1 Å². The first-order valence-corrected chi connectivity index (χ1v) is 12.8. The van der Waals surface area contributed by atoms with Gasteiger partial charge in [-0.05, 0) is 87.4 Å². The smallest absolute Gasteiger partial charge is 0.0630 e. The van der Waals surface area contributed by atoms with Gasteiger partial charge in [0.25, 0.3) is 0 Å². The third-order valence-electron chi connectivity index (χ3n) is 6.75. The van der Waals surface area contributed by atoms with Gasteiger partial charge in [0.2, 0.25) is 0 Å². The average Bonchev–Trinajstić information content (AvgIpc) is 2.93. The first-order valence-electron chi connectivity index (χ1n) is 12.8. The zero-order chi connectivity index (χ0) is 26.5. The number of hydrogen-bond donors (Lipinski definition) is 0. The molecule has 0 atom stereocenters. The van der Waals surface area contributed by atoms with E-state index < -0.39 is 0 Å². The minimum atomic E-state index is 0.699. The molecule has 190 valence electrons. The number of rotatable bonds is 8. The second kappa shape index (κ2) is 11.2. The van der Waals surface area contributed by atoms with Crippen molar-refractivity contribution >= 4 is 22.7 Å². The standard InChI is InChI=1S/C32H32N6/c1-23-29(12-6-16-33-23)37(30-13-7-17-34-24(30)2)21-27-10-5-11-28(20-27)22-38(31-14-8-18-35-25(31)3)32-15-9-19-36-26(32)4/h5-20H,21-22H2,1-4H3. The molecule has 6 nitrogen and oxygen atoms in total. The van der Waals surface area contributed by atoms with Crippen molar-refractivity contribution in [2.24, 2.45) is 0 Å². The summed E-state index contributed by atoms with van der Waals surface area (Å²) in [5.74, 6) is 0. The zero-order valence-electron chi connectivity index (χ0n) is 22.3. The van der Waals surface area contributed by atoms with Gasteiger partial charge in [-0.25, -0.2) is 0 Å². The SMILES string of the molecule is Cc1ncccc1N(Cc1cccc(CN(c2cccnc2C)c2cccnc2C)c1)c1cccnc1C. The van der Waals surface area contributed by atoms with E-state index in [1.807, 2.05) is 49.1 Å². The third-order valence-corrected chi connectivity index (χ3v) is 6.75. The minimum absolute atomic E-state index is 0.699. The van der Waals surface area contributed by atoms with E-state index >= 15 is 0 Å². The highest BCUT2D eigenvalue weighted by Crippen LogP contribution is 2.33. The first kappa shape index (κ1) is 25.1. The van der Waals surface area contributed by atoms with Crippen molar-refractivity contribution in [1.82, 2.24) is 19.9 Å². The first-order chi connectivity index (χ1) is 18.5. The van der Waals surface area contributed by atoms with E-state index in [0.717, 1.165) is 45.5 Å². The molecule has 1 aromatic carbocycles. The molecule has 0 saturated heterocycles. The second-order valence-corrected chi connectivity index (χ2v) is 9.42. The van der Waals surface area contributed by atoms with Crippen molar-refractivity contribution in [1.29, 1.82) is 0 Å². The van der Waals surface area contributed by atoms with Crippen LogP contribution in [-0.2, 0) is 13.1 Å². The predicted molar refractivity (Wildman–Crippen MR) is 154 cm³/mol. The lowest BCUT2D eigenvalue weighted by molar-refractivity contribution is 0.917. The molecule has 0 radical (unpaired) electrons. The fourth-order valence-electron chi connectivity index (χ4n) is 4.84. The van der Waals surface area contributed by atoms with Crippen molar-refractivity contribution in [2.75, 3.05) is 9.80 Å². The van der Waals surface area contributed by atoms with Crippen LogP contribution in [0.3, 0.4) is 0 Å². The lowest BCUT2D eigenvalue weighted by atomic mass is 10.1. The highest BCUT2D eigenvalue weighted by molar-refractivity contribution is 5.68. The Balaban J connectivity index is 1.51. The van der Waals surface area contributed by atoms with Gasteiger partial charge in [0, 0.05) is 37.9 Å². The molecule has 0 unspecified atom stereocenters. The van der Waals surface area contributed by atoms with Crippen molar-refractivity contribution in [3.8, 4) is 0 Å². The summed E-state index contributed by atoms with van der Waals surface area (Å²) in [4.78, 5) is 22.8. The summed E-state index contributed by atoms with van der Waals surface area (Å²) in [6, 6.07) is 25.2. The molecule has 0 aliphatic rings. The van der Waals surface area contributed by atoms with Crippen LogP contribution >= 0.6 is 0 Å². The molecule has 0 N–H and O–H groups in total. The monoisotopic (exact) mass is 500 g/mol. The minimum Gasteiger partial charge on any atom is -0.334 e. The Bertz CT molecular complexity index is 1340. The fraction of sp³-hybridized carbons (Fsp3) is 0.188. The second-order valence-electron chi connectivity index (χ2n) is 9.42.